The molecule has 0 fully saturated rings. The summed E-state index contributed by atoms with van der Waals surface area (Å²) >= 11 is 0. The van der Waals surface area contributed by atoms with Gasteiger partial charge < -0.3 is 30.0 Å². The first-order valence-electron chi connectivity index (χ1n) is 13.1. The van der Waals surface area contributed by atoms with Crippen LogP contribution in [-0.2, 0) is 19.0 Å². The summed E-state index contributed by atoms with van der Waals surface area (Å²) < 4.78 is 15.6. The lowest BCUT2D eigenvalue weighted by molar-refractivity contribution is -0.155. The Morgan fingerprint density at radius 1 is 0.737 bits per heavy atom. The Balaban J connectivity index is -0.000000295. The topological polar surface area (TPSA) is 123 Å². The van der Waals surface area contributed by atoms with Crippen LogP contribution in [0.15, 0.2) is 0 Å². The molecule has 0 aromatic carbocycles. The Labute approximate surface area is 234 Å². The molecule has 0 bridgehead atoms. The molecule has 230 valence electrons. The summed E-state index contributed by atoms with van der Waals surface area (Å²) in [5.41, 5.74) is -2.75. The highest BCUT2D eigenvalue weighted by atomic mass is 16.6. The number of nitrogens with one attached hydrogen (secondary N) is 2. The van der Waals surface area contributed by atoms with Crippen molar-refractivity contribution in [3.63, 3.8) is 0 Å². The van der Waals surface area contributed by atoms with Crippen LogP contribution in [-0.4, -0.2) is 58.3 Å². The van der Waals surface area contributed by atoms with Crippen molar-refractivity contribution in [2.45, 2.75) is 165 Å². The molecule has 9 heteroatoms. The van der Waals surface area contributed by atoms with Crippen molar-refractivity contribution in [2.24, 2.45) is 0 Å². The van der Waals surface area contributed by atoms with Crippen molar-refractivity contribution in [3.8, 4) is 0 Å². The summed E-state index contributed by atoms with van der Waals surface area (Å²) in [4.78, 5) is 35.6. The standard InChI is InChI=1S/C15H29NO4.C12H25NO3.2CH4/c1-8-9-10-15(7,12(17)19-11(2)3)16-13(18)20-14(4,5)6;1-6-7-8-12(5,9-14)13-10(15)16-11(2,3)4;;/h11H,8-10H2,1-7H3,(H,16,18);14H,6-9H2,1-5H3,(H,13,15);2*1H4/t15-;12-;;/m11../s1. The van der Waals surface area contributed by atoms with Gasteiger partial charge in [0.25, 0.3) is 0 Å². The second-order valence-corrected chi connectivity index (χ2v) is 12.0. The summed E-state index contributed by atoms with van der Waals surface area (Å²) in [6.45, 7) is 21.9. The molecule has 0 aromatic rings. The van der Waals surface area contributed by atoms with Crippen LogP contribution < -0.4 is 10.6 Å². The van der Waals surface area contributed by atoms with E-state index < -0.39 is 40.4 Å². The number of carbonyl (C=O) groups excluding carboxylic acids is 3. The maximum absolute atomic E-state index is 12.2. The van der Waals surface area contributed by atoms with Crippen LogP contribution in [0, 0.1) is 0 Å². The second kappa shape index (κ2) is 19.1. The highest BCUT2D eigenvalue weighted by molar-refractivity contribution is 5.85. The molecule has 0 heterocycles. The first-order valence-corrected chi connectivity index (χ1v) is 13.1. The monoisotopic (exact) mass is 550 g/mol. The fourth-order valence-corrected chi connectivity index (χ4v) is 2.92. The number of esters is 1. The van der Waals surface area contributed by atoms with Gasteiger partial charge in [-0.2, -0.15) is 0 Å². The van der Waals surface area contributed by atoms with Gasteiger partial charge in [-0.15, -0.1) is 0 Å². The van der Waals surface area contributed by atoms with Crippen LogP contribution in [0.4, 0.5) is 9.59 Å². The average molecular weight is 551 g/mol. The number of unbranched alkanes of at least 4 members (excludes halogenated alkanes) is 2. The van der Waals surface area contributed by atoms with Gasteiger partial charge in [-0.3, -0.25) is 0 Å². The lowest BCUT2D eigenvalue weighted by atomic mass is 9.95. The molecule has 3 N–H and O–H groups in total. The molecule has 9 nitrogen and oxygen atoms in total. The first kappa shape index (κ1) is 43.0. The van der Waals surface area contributed by atoms with Crippen molar-refractivity contribution in [2.75, 3.05) is 6.61 Å². The van der Waals surface area contributed by atoms with Gasteiger partial charge in [-0.25, -0.2) is 14.4 Å². The number of aliphatic hydroxyl groups is 1. The molecule has 0 spiro atoms. The fraction of sp³-hybridized carbons (Fsp3) is 0.897. The van der Waals surface area contributed by atoms with Crippen molar-refractivity contribution in [3.05, 3.63) is 0 Å². The van der Waals surface area contributed by atoms with E-state index in [9.17, 15) is 19.5 Å². The third-order valence-electron chi connectivity index (χ3n) is 4.83. The van der Waals surface area contributed by atoms with Gasteiger partial charge in [-0.05, 0) is 82.1 Å². The molecule has 0 rings (SSSR count). The summed E-state index contributed by atoms with van der Waals surface area (Å²) in [7, 11) is 0. The van der Waals surface area contributed by atoms with Gasteiger partial charge >= 0.3 is 18.2 Å². The minimum Gasteiger partial charge on any atom is -0.461 e. The van der Waals surface area contributed by atoms with Crippen LogP contribution >= 0.6 is 0 Å². The Bertz CT molecular complexity index is 669. The normalized spacial score (nSPS) is 14.2. The molecular weight excluding hydrogens is 488 g/mol. The molecule has 0 unspecified atom stereocenters. The number of hydrogen-bond donors (Lipinski definition) is 3. The maximum atomic E-state index is 12.2. The summed E-state index contributed by atoms with van der Waals surface area (Å²) in [6, 6.07) is 0. The number of ether oxygens (including phenoxy) is 3. The van der Waals surface area contributed by atoms with E-state index in [-0.39, 0.29) is 27.6 Å². The average Bonchev–Trinajstić information content (AvgIpc) is 2.67. The number of rotatable bonds is 11. The minimum atomic E-state index is -1.05. The van der Waals surface area contributed by atoms with Gasteiger partial charge in [0.2, 0.25) is 0 Å². The third kappa shape index (κ3) is 22.0. The summed E-state index contributed by atoms with van der Waals surface area (Å²) in [5, 5.41) is 14.7. The van der Waals surface area contributed by atoms with E-state index >= 15 is 0 Å². The van der Waals surface area contributed by atoms with Crippen LogP contribution in [0.3, 0.4) is 0 Å². The summed E-state index contributed by atoms with van der Waals surface area (Å²) in [5.74, 6) is -0.424. The van der Waals surface area contributed by atoms with E-state index in [2.05, 4.69) is 17.6 Å². The van der Waals surface area contributed by atoms with E-state index in [1.165, 1.54) is 0 Å². The van der Waals surface area contributed by atoms with Gasteiger partial charge in [0, 0.05) is 0 Å². The van der Waals surface area contributed by atoms with E-state index in [0.717, 1.165) is 32.1 Å². The number of carbonyl (C=O) groups is 3. The van der Waals surface area contributed by atoms with Crippen molar-refractivity contribution in [1.29, 1.82) is 0 Å². The molecule has 0 aliphatic rings. The highest BCUT2D eigenvalue weighted by Gasteiger charge is 2.37. The SMILES string of the molecule is C.C.CCCC[C@@](C)(NC(=O)OC(C)(C)C)C(=O)OC(C)C.CCCC[C@](C)(CO)NC(=O)OC(C)(C)C. The van der Waals surface area contributed by atoms with E-state index in [1.807, 2.05) is 34.6 Å². The molecule has 0 aromatic heterocycles. The lowest BCUT2D eigenvalue weighted by Crippen LogP contribution is -2.54. The minimum absolute atomic E-state index is 0. The number of amides is 2. The Kier molecular flexibility index (Phi) is 21.6. The smallest absolute Gasteiger partial charge is 0.408 e. The van der Waals surface area contributed by atoms with E-state index in [0.29, 0.717) is 6.42 Å². The Hall–Kier alpha value is -2.03. The maximum Gasteiger partial charge on any atom is 0.408 e. The lowest BCUT2D eigenvalue weighted by Gasteiger charge is -2.30. The zero-order chi connectivity index (χ0) is 28.8. The molecule has 0 saturated carbocycles. The van der Waals surface area contributed by atoms with Crippen molar-refractivity contribution in [1.82, 2.24) is 10.6 Å². The number of aliphatic hydroxyl groups excluding tert-OH is 1. The summed E-state index contributed by atoms with van der Waals surface area (Å²) in [6.07, 6.45) is 3.73. The van der Waals surface area contributed by atoms with E-state index in [1.54, 1.807) is 41.5 Å². The van der Waals surface area contributed by atoms with Crippen molar-refractivity contribution < 1.29 is 33.7 Å². The van der Waals surface area contributed by atoms with Gasteiger partial charge in [-0.1, -0.05) is 54.4 Å². The largest absolute Gasteiger partial charge is 0.461 e. The molecule has 0 radical (unpaired) electrons. The molecule has 0 aliphatic carbocycles. The van der Waals surface area contributed by atoms with E-state index in [4.69, 9.17) is 14.2 Å². The van der Waals surface area contributed by atoms with Crippen molar-refractivity contribution >= 4 is 18.2 Å². The molecule has 2 amide bonds. The van der Waals surface area contributed by atoms with Gasteiger partial charge in [0.05, 0.1) is 18.2 Å². The molecular formula is C29H62N2O7. The molecule has 2 atom stereocenters. The zero-order valence-corrected chi connectivity index (χ0v) is 24.9. The number of hydrogen-bond acceptors (Lipinski definition) is 7. The van der Waals surface area contributed by atoms with Crippen LogP contribution in [0.5, 0.6) is 0 Å². The molecule has 0 saturated heterocycles. The van der Waals surface area contributed by atoms with Crippen LogP contribution in [0.1, 0.15) is 136 Å². The molecule has 38 heavy (non-hydrogen) atoms. The quantitative estimate of drug-likeness (QED) is 0.184. The molecule has 0 aliphatic heterocycles. The van der Waals surface area contributed by atoms with Crippen LogP contribution in [0.2, 0.25) is 0 Å². The zero-order valence-electron chi connectivity index (χ0n) is 24.9. The van der Waals surface area contributed by atoms with Gasteiger partial charge in [0.1, 0.15) is 16.7 Å². The first-order chi connectivity index (χ1) is 16.2. The Morgan fingerprint density at radius 2 is 1.13 bits per heavy atom. The second-order valence-electron chi connectivity index (χ2n) is 12.0. The van der Waals surface area contributed by atoms with Crippen LogP contribution in [0.25, 0.3) is 0 Å². The predicted octanol–water partition coefficient (Wildman–Crippen LogP) is 7.14. The predicted molar refractivity (Wildman–Crippen MR) is 156 cm³/mol. The Morgan fingerprint density at radius 3 is 1.47 bits per heavy atom. The van der Waals surface area contributed by atoms with Gasteiger partial charge in [0.15, 0.2) is 0 Å². The fourth-order valence-electron chi connectivity index (χ4n) is 2.92. The highest BCUT2D eigenvalue weighted by Crippen LogP contribution is 2.19. The third-order valence-corrected chi connectivity index (χ3v) is 4.83. The number of alkyl carbamates (subject to hydrolysis) is 2.